The molecule has 3 aromatic rings. The van der Waals surface area contributed by atoms with Crippen LogP contribution in [0.3, 0.4) is 0 Å². The molecule has 0 aliphatic carbocycles. The van der Waals surface area contributed by atoms with Crippen molar-refractivity contribution in [1.29, 1.82) is 0 Å². The van der Waals surface area contributed by atoms with Gasteiger partial charge in [-0.2, -0.15) is 0 Å². The fraction of sp³-hybridized carbons (Fsp3) is 0.217. The minimum Gasteiger partial charge on any atom is -0.0785 e. The van der Waals surface area contributed by atoms with E-state index in [1.165, 1.54) is 41.1 Å². The first-order valence-electron chi connectivity index (χ1n) is 8.98. The zero-order chi connectivity index (χ0) is 17.3. The Kier molecular flexibility index (Phi) is 7.22. The molecule has 0 saturated carbocycles. The van der Waals surface area contributed by atoms with Gasteiger partial charge in [-0.15, -0.1) is 0 Å². The second kappa shape index (κ2) is 9.86. The summed E-state index contributed by atoms with van der Waals surface area (Å²) in [4.78, 5) is 0. The third-order valence-corrected chi connectivity index (χ3v) is 9.23. The van der Waals surface area contributed by atoms with Crippen LogP contribution in [-0.4, -0.2) is 19.0 Å². The van der Waals surface area contributed by atoms with Crippen LogP contribution in [-0.2, 0) is 0 Å². The monoisotopic (exact) mass is 364 g/mol. The Hall–Kier alpha value is -1.48. The molecule has 0 saturated heterocycles. The van der Waals surface area contributed by atoms with Crippen molar-refractivity contribution in [1.82, 2.24) is 0 Å². The summed E-state index contributed by atoms with van der Waals surface area (Å²) in [5.74, 6) is 0. The van der Waals surface area contributed by atoms with E-state index in [1.807, 2.05) is 0 Å². The summed E-state index contributed by atoms with van der Waals surface area (Å²) in [6.45, 7) is 2.42. The predicted molar refractivity (Wildman–Crippen MR) is 117 cm³/mol. The molecule has 3 rings (SSSR count). The third kappa shape index (κ3) is 5.50. The van der Waals surface area contributed by atoms with Crippen molar-refractivity contribution in [3.05, 3.63) is 91.0 Å². The van der Waals surface area contributed by atoms with E-state index in [1.54, 1.807) is 0 Å². The first kappa shape index (κ1) is 18.3. The minimum absolute atomic E-state index is 0.00786. The predicted octanol–water partition coefficient (Wildman–Crippen LogP) is 5.34. The maximum atomic E-state index is 2.42. The Balaban J connectivity index is 1.58. The maximum absolute atomic E-state index is 2.42. The zero-order valence-electron chi connectivity index (χ0n) is 14.9. The fourth-order valence-corrected chi connectivity index (χ4v) is 7.11. The van der Waals surface area contributed by atoms with Crippen LogP contribution in [0.25, 0.3) is 0 Å². The molecule has 0 N–H and O–H groups in total. The standard InChI is InChI=1S/C23H26P2/c1-24(21-13-5-2-6-14-21)19-11-12-20-25(22-15-7-3-8-16-22)23-17-9-4-10-18-23/h2-10,13-18H,11-12,19-20H2,1H3. The zero-order valence-corrected chi connectivity index (χ0v) is 16.7. The highest BCUT2D eigenvalue weighted by Crippen LogP contribution is 2.36. The van der Waals surface area contributed by atoms with Gasteiger partial charge < -0.3 is 0 Å². The highest BCUT2D eigenvalue weighted by Gasteiger charge is 2.13. The third-order valence-electron chi connectivity index (χ3n) is 4.46. The van der Waals surface area contributed by atoms with Gasteiger partial charge in [-0.05, 0) is 55.7 Å². The van der Waals surface area contributed by atoms with Crippen molar-refractivity contribution in [3.63, 3.8) is 0 Å². The quantitative estimate of drug-likeness (QED) is 0.374. The van der Waals surface area contributed by atoms with Gasteiger partial charge in [0.2, 0.25) is 0 Å². The molecular weight excluding hydrogens is 338 g/mol. The lowest BCUT2D eigenvalue weighted by Crippen LogP contribution is -2.14. The van der Waals surface area contributed by atoms with Crippen LogP contribution < -0.4 is 15.9 Å². The largest absolute Gasteiger partial charge is 0.0785 e. The van der Waals surface area contributed by atoms with Crippen molar-refractivity contribution in [2.45, 2.75) is 12.8 Å². The molecule has 0 nitrogen and oxygen atoms in total. The summed E-state index contributed by atoms with van der Waals surface area (Å²) in [6.07, 6.45) is 5.28. The first-order valence-corrected chi connectivity index (χ1v) is 12.5. The van der Waals surface area contributed by atoms with Crippen LogP contribution in [0.1, 0.15) is 12.8 Å². The number of benzene rings is 3. The molecule has 0 radical (unpaired) electrons. The van der Waals surface area contributed by atoms with Gasteiger partial charge in [-0.3, -0.25) is 0 Å². The summed E-state index contributed by atoms with van der Waals surface area (Å²) in [6, 6.07) is 33.1. The lowest BCUT2D eigenvalue weighted by molar-refractivity contribution is 0.901. The molecule has 0 spiro atoms. The first-order chi connectivity index (χ1) is 12.3. The van der Waals surface area contributed by atoms with E-state index in [9.17, 15) is 0 Å². The van der Waals surface area contributed by atoms with Crippen molar-refractivity contribution in [3.8, 4) is 0 Å². The molecule has 0 aliphatic rings. The van der Waals surface area contributed by atoms with Crippen LogP contribution in [0.2, 0.25) is 0 Å². The maximum Gasteiger partial charge on any atom is -0.0195 e. The van der Waals surface area contributed by atoms with Crippen molar-refractivity contribution in [2.24, 2.45) is 0 Å². The molecule has 0 heterocycles. The van der Waals surface area contributed by atoms with E-state index >= 15 is 0 Å². The number of hydrogen-bond acceptors (Lipinski definition) is 0. The highest BCUT2D eigenvalue weighted by atomic mass is 31.1. The van der Waals surface area contributed by atoms with E-state index in [0.717, 1.165) is 0 Å². The van der Waals surface area contributed by atoms with Gasteiger partial charge in [-0.25, -0.2) is 0 Å². The average molecular weight is 364 g/mol. The van der Waals surface area contributed by atoms with Crippen LogP contribution in [0, 0.1) is 0 Å². The summed E-state index contributed by atoms with van der Waals surface area (Å²) < 4.78 is 0. The Morgan fingerprint density at radius 2 is 0.920 bits per heavy atom. The van der Waals surface area contributed by atoms with E-state index in [0.29, 0.717) is 0 Å². The lowest BCUT2D eigenvalue weighted by Gasteiger charge is -2.19. The van der Waals surface area contributed by atoms with Gasteiger partial charge >= 0.3 is 0 Å². The second-order valence-corrected chi connectivity index (χ2v) is 11.0. The number of unbranched alkanes of at least 4 members (excludes halogenated alkanes) is 1. The topological polar surface area (TPSA) is 0 Å². The van der Waals surface area contributed by atoms with Gasteiger partial charge in [0.1, 0.15) is 0 Å². The Morgan fingerprint density at radius 1 is 0.520 bits per heavy atom. The van der Waals surface area contributed by atoms with Crippen LogP contribution in [0.4, 0.5) is 0 Å². The Morgan fingerprint density at radius 3 is 1.40 bits per heavy atom. The summed E-state index contributed by atoms with van der Waals surface area (Å²) >= 11 is 0. The van der Waals surface area contributed by atoms with Crippen LogP contribution in [0.15, 0.2) is 91.0 Å². The number of hydrogen-bond donors (Lipinski definition) is 0. The molecule has 0 amide bonds. The summed E-state index contributed by atoms with van der Waals surface area (Å²) in [7, 11) is -0.237. The van der Waals surface area contributed by atoms with Gasteiger partial charge in [-0.1, -0.05) is 98.9 Å². The molecular formula is C23H26P2. The van der Waals surface area contributed by atoms with E-state index in [2.05, 4.69) is 97.7 Å². The Labute approximate surface area is 154 Å². The molecule has 0 aromatic heterocycles. The van der Waals surface area contributed by atoms with E-state index < -0.39 is 0 Å². The van der Waals surface area contributed by atoms with Crippen molar-refractivity contribution in [2.75, 3.05) is 19.0 Å². The van der Waals surface area contributed by atoms with Gasteiger partial charge in [0.05, 0.1) is 0 Å². The molecule has 1 atom stereocenters. The normalized spacial score (nSPS) is 12.2. The van der Waals surface area contributed by atoms with Crippen LogP contribution >= 0.6 is 15.8 Å². The molecule has 0 bridgehead atoms. The van der Waals surface area contributed by atoms with Gasteiger partial charge in [0.25, 0.3) is 0 Å². The molecule has 0 aliphatic heterocycles. The average Bonchev–Trinajstić information content (AvgIpc) is 2.70. The summed E-state index contributed by atoms with van der Waals surface area (Å²) in [5, 5.41) is 4.54. The minimum atomic E-state index is -0.229. The number of rotatable bonds is 8. The van der Waals surface area contributed by atoms with E-state index in [4.69, 9.17) is 0 Å². The molecule has 3 aromatic carbocycles. The summed E-state index contributed by atoms with van der Waals surface area (Å²) in [5.41, 5.74) is 0. The highest BCUT2D eigenvalue weighted by molar-refractivity contribution is 7.73. The van der Waals surface area contributed by atoms with E-state index in [-0.39, 0.29) is 15.8 Å². The molecule has 128 valence electrons. The molecule has 1 unspecified atom stereocenters. The second-order valence-electron chi connectivity index (χ2n) is 6.29. The fourth-order valence-electron chi connectivity index (χ4n) is 3.05. The molecule has 25 heavy (non-hydrogen) atoms. The van der Waals surface area contributed by atoms with Gasteiger partial charge in [0.15, 0.2) is 0 Å². The lowest BCUT2D eigenvalue weighted by atomic mass is 10.4. The molecule has 0 fully saturated rings. The molecule has 2 heteroatoms. The SMILES string of the molecule is CP(CCCCP(c1ccccc1)c1ccccc1)c1ccccc1. The van der Waals surface area contributed by atoms with Crippen molar-refractivity contribution < 1.29 is 0 Å². The van der Waals surface area contributed by atoms with Gasteiger partial charge in [0, 0.05) is 0 Å². The smallest absolute Gasteiger partial charge is 0.0195 e. The Bertz CT molecular complexity index is 686. The van der Waals surface area contributed by atoms with Crippen molar-refractivity contribution >= 4 is 31.8 Å². The van der Waals surface area contributed by atoms with Crippen LogP contribution in [0.5, 0.6) is 0 Å².